The first-order valence-corrected chi connectivity index (χ1v) is 7.18. The van der Waals surface area contributed by atoms with Gasteiger partial charge in [0.1, 0.15) is 5.57 Å². The Kier molecular flexibility index (Phi) is 5.08. The topological polar surface area (TPSA) is 55.4 Å². The van der Waals surface area contributed by atoms with Gasteiger partial charge in [-0.2, -0.15) is 13.2 Å². The lowest BCUT2D eigenvalue weighted by molar-refractivity contribution is -0.140. The SMILES string of the molecule is CCOC(=O)/C(=C\c1cccc(C(F)(F)F)c1)C(=O)NC1CC1. The Bertz CT molecular complexity index is 634. The first-order chi connectivity index (χ1) is 10.8. The van der Waals surface area contributed by atoms with Crippen molar-refractivity contribution in [2.75, 3.05) is 6.61 Å². The smallest absolute Gasteiger partial charge is 0.416 e. The number of carbonyl (C=O) groups is 2. The number of ether oxygens (including phenoxy) is 1. The van der Waals surface area contributed by atoms with Gasteiger partial charge in [-0.1, -0.05) is 12.1 Å². The Labute approximate surface area is 131 Å². The average molecular weight is 327 g/mol. The van der Waals surface area contributed by atoms with E-state index in [2.05, 4.69) is 5.32 Å². The maximum absolute atomic E-state index is 12.7. The molecule has 0 atom stereocenters. The van der Waals surface area contributed by atoms with E-state index in [4.69, 9.17) is 4.74 Å². The van der Waals surface area contributed by atoms with Crippen molar-refractivity contribution >= 4 is 18.0 Å². The molecule has 23 heavy (non-hydrogen) atoms. The number of hydrogen-bond acceptors (Lipinski definition) is 3. The molecule has 2 rings (SSSR count). The zero-order valence-electron chi connectivity index (χ0n) is 12.4. The fraction of sp³-hybridized carbons (Fsp3) is 0.375. The van der Waals surface area contributed by atoms with Gasteiger partial charge < -0.3 is 10.1 Å². The van der Waals surface area contributed by atoms with E-state index in [0.717, 1.165) is 31.1 Å². The third-order valence-corrected chi connectivity index (χ3v) is 3.18. The Morgan fingerprint density at radius 2 is 2.04 bits per heavy atom. The number of benzene rings is 1. The summed E-state index contributed by atoms with van der Waals surface area (Å²) in [6.07, 6.45) is -1.73. The molecule has 0 bridgehead atoms. The summed E-state index contributed by atoms with van der Waals surface area (Å²) in [5.74, 6) is -1.49. The normalized spacial score (nSPS) is 15.2. The Morgan fingerprint density at radius 3 is 2.61 bits per heavy atom. The van der Waals surface area contributed by atoms with E-state index in [1.807, 2.05) is 0 Å². The highest BCUT2D eigenvalue weighted by molar-refractivity contribution is 6.19. The van der Waals surface area contributed by atoms with Crippen molar-refractivity contribution in [2.45, 2.75) is 32.0 Å². The van der Waals surface area contributed by atoms with Gasteiger partial charge in [-0.3, -0.25) is 4.79 Å². The van der Waals surface area contributed by atoms with Crippen LogP contribution in [-0.4, -0.2) is 24.5 Å². The van der Waals surface area contributed by atoms with Crippen molar-refractivity contribution < 1.29 is 27.5 Å². The minimum absolute atomic E-state index is 0.0156. The van der Waals surface area contributed by atoms with Gasteiger partial charge in [-0.25, -0.2) is 4.79 Å². The number of alkyl halides is 3. The second-order valence-electron chi connectivity index (χ2n) is 5.15. The fourth-order valence-electron chi connectivity index (χ4n) is 1.89. The highest BCUT2D eigenvalue weighted by Crippen LogP contribution is 2.30. The summed E-state index contributed by atoms with van der Waals surface area (Å²) in [5.41, 5.74) is -1.05. The summed E-state index contributed by atoms with van der Waals surface area (Å²) < 4.78 is 43.0. The van der Waals surface area contributed by atoms with Crippen molar-refractivity contribution in [1.82, 2.24) is 5.32 Å². The molecule has 0 aromatic heterocycles. The van der Waals surface area contributed by atoms with E-state index >= 15 is 0 Å². The molecule has 0 spiro atoms. The van der Waals surface area contributed by atoms with Crippen LogP contribution in [0.2, 0.25) is 0 Å². The molecule has 124 valence electrons. The molecule has 0 unspecified atom stereocenters. The molecular formula is C16H16F3NO3. The molecule has 1 aliphatic carbocycles. The minimum atomic E-state index is -4.50. The number of esters is 1. The van der Waals surface area contributed by atoms with E-state index in [0.29, 0.717) is 0 Å². The van der Waals surface area contributed by atoms with E-state index in [-0.39, 0.29) is 23.8 Å². The van der Waals surface area contributed by atoms with E-state index < -0.39 is 23.6 Å². The first kappa shape index (κ1) is 17.1. The van der Waals surface area contributed by atoms with E-state index in [1.54, 1.807) is 6.92 Å². The van der Waals surface area contributed by atoms with Gasteiger partial charge in [0.05, 0.1) is 12.2 Å². The molecule has 1 N–H and O–H groups in total. The van der Waals surface area contributed by atoms with Crippen LogP contribution in [0.25, 0.3) is 6.08 Å². The second-order valence-corrected chi connectivity index (χ2v) is 5.15. The number of halogens is 3. The van der Waals surface area contributed by atoms with Crippen LogP contribution in [0.1, 0.15) is 30.9 Å². The van der Waals surface area contributed by atoms with Gasteiger partial charge in [0.2, 0.25) is 0 Å². The molecule has 0 radical (unpaired) electrons. The van der Waals surface area contributed by atoms with E-state index in [9.17, 15) is 22.8 Å². The van der Waals surface area contributed by atoms with Crippen molar-refractivity contribution in [1.29, 1.82) is 0 Å². The Morgan fingerprint density at radius 1 is 1.35 bits per heavy atom. The molecule has 7 heteroatoms. The van der Waals surface area contributed by atoms with Crippen LogP contribution < -0.4 is 5.32 Å². The van der Waals surface area contributed by atoms with Crippen molar-refractivity contribution in [3.8, 4) is 0 Å². The van der Waals surface area contributed by atoms with Crippen LogP contribution in [0.3, 0.4) is 0 Å². The summed E-state index contributed by atoms with van der Waals surface area (Å²) in [7, 11) is 0. The second kappa shape index (κ2) is 6.85. The maximum Gasteiger partial charge on any atom is 0.416 e. The molecule has 4 nitrogen and oxygen atoms in total. The van der Waals surface area contributed by atoms with Crippen molar-refractivity contribution in [2.24, 2.45) is 0 Å². The highest BCUT2D eigenvalue weighted by atomic mass is 19.4. The molecular weight excluding hydrogens is 311 g/mol. The number of amides is 1. The van der Waals surface area contributed by atoms with Crippen LogP contribution in [0.4, 0.5) is 13.2 Å². The summed E-state index contributed by atoms with van der Waals surface area (Å²) in [6, 6.07) is 4.42. The van der Waals surface area contributed by atoms with Gasteiger partial charge in [0.15, 0.2) is 0 Å². The number of hydrogen-bond donors (Lipinski definition) is 1. The minimum Gasteiger partial charge on any atom is -0.462 e. The van der Waals surface area contributed by atoms with Gasteiger partial charge in [-0.05, 0) is 43.5 Å². The van der Waals surface area contributed by atoms with Crippen molar-refractivity contribution in [3.05, 3.63) is 41.0 Å². The largest absolute Gasteiger partial charge is 0.462 e. The monoisotopic (exact) mass is 327 g/mol. The molecule has 1 aromatic rings. The first-order valence-electron chi connectivity index (χ1n) is 7.18. The molecule has 1 aromatic carbocycles. The molecule has 1 fully saturated rings. The summed E-state index contributed by atoms with van der Waals surface area (Å²) in [5, 5.41) is 2.63. The van der Waals surface area contributed by atoms with Gasteiger partial charge in [0, 0.05) is 6.04 Å². The van der Waals surface area contributed by atoms with Gasteiger partial charge >= 0.3 is 12.1 Å². The molecule has 0 saturated heterocycles. The third-order valence-electron chi connectivity index (χ3n) is 3.18. The van der Waals surface area contributed by atoms with Gasteiger partial charge in [-0.15, -0.1) is 0 Å². The zero-order valence-corrected chi connectivity index (χ0v) is 12.4. The van der Waals surface area contributed by atoms with Crippen LogP contribution in [0.5, 0.6) is 0 Å². The molecule has 1 saturated carbocycles. The van der Waals surface area contributed by atoms with E-state index in [1.165, 1.54) is 12.1 Å². The Hall–Kier alpha value is -2.31. The van der Waals surface area contributed by atoms with Crippen LogP contribution in [-0.2, 0) is 20.5 Å². The lowest BCUT2D eigenvalue weighted by Crippen LogP contribution is -2.30. The molecule has 0 aliphatic heterocycles. The predicted octanol–water partition coefficient (Wildman–Crippen LogP) is 2.93. The van der Waals surface area contributed by atoms with Crippen LogP contribution in [0.15, 0.2) is 29.8 Å². The third kappa shape index (κ3) is 4.84. The van der Waals surface area contributed by atoms with Crippen molar-refractivity contribution in [3.63, 3.8) is 0 Å². The summed E-state index contributed by atoms with van der Waals surface area (Å²) in [4.78, 5) is 24.0. The average Bonchev–Trinajstić information content (AvgIpc) is 3.28. The molecule has 1 amide bonds. The summed E-state index contributed by atoms with van der Waals surface area (Å²) >= 11 is 0. The summed E-state index contributed by atoms with van der Waals surface area (Å²) in [6.45, 7) is 1.65. The predicted molar refractivity (Wildman–Crippen MR) is 77.2 cm³/mol. The lowest BCUT2D eigenvalue weighted by Gasteiger charge is -2.09. The highest BCUT2D eigenvalue weighted by Gasteiger charge is 2.31. The number of rotatable bonds is 5. The fourth-order valence-corrected chi connectivity index (χ4v) is 1.89. The molecule has 0 heterocycles. The number of carbonyl (C=O) groups excluding carboxylic acids is 2. The Balaban J connectivity index is 2.31. The van der Waals surface area contributed by atoms with Crippen LogP contribution in [0, 0.1) is 0 Å². The quantitative estimate of drug-likeness (QED) is 0.391. The zero-order chi connectivity index (χ0) is 17.0. The maximum atomic E-state index is 12.7. The van der Waals surface area contributed by atoms with Crippen LogP contribution >= 0.6 is 0 Å². The van der Waals surface area contributed by atoms with Gasteiger partial charge in [0.25, 0.3) is 5.91 Å². The molecule has 1 aliphatic rings. The standard InChI is InChI=1S/C16H16F3NO3/c1-2-23-15(22)13(14(21)20-12-6-7-12)9-10-4-3-5-11(8-10)16(17,18)19/h3-5,8-9,12H,2,6-7H2,1H3,(H,20,21)/b13-9-. The lowest BCUT2D eigenvalue weighted by atomic mass is 10.1. The number of nitrogens with one attached hydrogen (secondary N) is 1.